The summed E-state index contributed by atoms with van der Waals surface area (Å²) in [6.07, 6.45) is -3.80. The molecule has 1 aromatic carbocycles. The number of halogens is 2. The van der Waals surface area contributed by atoms with Gasteiger partial charge in [-0.15, -0.1) is 0 Å². The van der Waals surface area contributed by atoms with Crippen LogP contribution < -0.4 is 11.2 Å². The number of esters is 1. The van der Waals surface area contributed by atoms with Gasteiger partial charge in [0.15, 0.2) is 18.0 Å². The van der Waals surface area contributed by atoms with Crippen LogP contribution >= 0.6 is 19.4 Å². The van der Waals surface area contributed by atoms with E-state index in [1.54, 1.807) is 24.3 Å². The molecule has 202 valence electrons. The van der Waals surface area contributed by atoms with Crippen LogP contribution in [0.1, 0.15) is 31.2 Å². The standard InChI is InChI=1S/C22H25ClFN2O10P/c1-22(24)19(35-18(28)12-31-2)16(34-20(22)26-8-6-17(27)25-21(26)29)11-33-37(30)32-9-7-15(36-37)13-4-3-5-14(23)10-13/h3-6,8,10,15-16,19-20H,7,9,11-12H2,1-2H3,(H,25,27,29)/t15-,16+,19+,20+,22+,37?/m0/s1. The average molecular weight is 563 g/mol. The predicted octanol–water partition coefficient (Wildman–Crippen LogP) is 2.68. The van der Waals surface area contributed by atoms with Crippen LogP contribution in [-0.4, -0.2) is 60.3 Å². The number of hydrogen-bond acceptors (Lipinski definition) is 10. The number of carbonyl (C=O) groups excluding carboxylic acids is 1. The Morgan fingerprint density at radius 2 is 2.14 bits per heavy atom. The summed E-state index contributed by atoms with van der Waals surface area (Å²) in [4.78, 5) is 37.9. The van der Waals surface area contributed by atoms with Crippen molar-refractivity contribution >= 4 is 25.4 Å². The van der Waals surface area contributed by atoms with Crippen LogP contribution in [-0.2, 0) is 37.1 Å². The monoisotopic (exact) mass is 562 g/mol. The molecule has 2 aromatic rings. The number of nitrogens with zero attached hydrogens (tertiary/aromatic N) is 1. The van der Waals surface area contributed by atoms with E-state index in [9.17, 15) is 18.9 Å². The summed E-state index contributed by atoms with van der Waals surface area (Å²) in [5.74, 6) is -0.905. The number of H-pyrrole nitrogens is 1. The van der Waals surface area contributed by atoms with E-state index in [1.165, 1.54) is 7.11 Å². The van der Waals surface area contributed by atoms with Crippen molar-refractivity contribution < 1.29 is 41.5 Å². The van der Waals surface area contributed by atoms with Gasteiger partial charge < -0.3 is 14.2 Å². The summed E-state index contributed by atoms with van der Waals surface area (Å²) in [6, 6.07) is 7.82. The molecule has 1 aromatic heterocycles. The third-order valence-corrected chi connectivity index (χ3v) is 7.52. The first-order chi connectivity index (χ1) is 17.5. The van der Waals surface area contributed by atoms with Gasteiger partial charge in [0.25, 0.3) is 5.56 Å². The number of nitrogens with one attached hydrogen (secondary N) is 1. The molecule has 6 atom stereocenters. The molecule has 2 aliphatic rings. The molecule has 1 N–H and O–H groups in total. The molecule has 0 amide bonds. The van der Waals surface area contributed by atoms with Gasteiger partial charge in [-0.05, 0) is 24.6 Å². The van der Waals surface area contributed by atoms with E-state index in [2.05, 4.69) is 0 Å². The number of phosphoric acid groups is 1. The summed E-state index contributed by atoms with van der Waals surface area (Å²) in [5.41, 5.74) is -3.45. The second-order valence-corrected chi connectivity index (χ2v) is 10.6. The Morgan fingerprint density at radius 1 is 1.35 bits per heavy atom. The summed E-state index contributed by atoms with van der Waals surface area (Å²) < 4.78 is 62.1. The third kappa shape index (κ3) is 6.20. The van der Waals surface area contributed by atoms with Crippen molar-refractivity contribution in [3.8, 4) is 0 Å². The minimum Gasteiger partial charge on any atom is -0.454 e. The minimum atomic E-state index is -4.15. The van der Waals surface area contributed by atoms with Gasteiger partial charge in [-0.1, -0.05) is 23.7 Å². The highest BCUT2D eigenvalue weighted by atomic mass is 35.5. The molecule has 0 spiro atoms. The van der Waals surface area contributed by atoms with Gasteiger partial charge in [-0.2, -0.15) is 0 Å². The maximum atomic E-state index is 16.0. The Kier molecular flexibility index (Phi) is 8.34. The lowest BCUT2D eigenvalue weighted by atomic mass is 9.98. The van der Waals surface area contributed by atoms with Gasteiger partial charge in [0, 0.05) is 30.8 Å². The minimum absolute atomic E-state index is 0.0441. The Hall–Kier alpha value is -2.38. The first-order valence-electron chi connectivity index (χ1n) is 11.2. The van der Waals surface area contributed by atoms with Crippen molar-refractivity contribution in [3.63, 3.8) is 0 Å². The number of hydrogen-bond donors (Lipinski definition) is 1. The third-order valence-electron chi connectivity index (χ3n) is 5.81. The van der Waals surface area contributed by atoms with Gasteiger partial charge in [0.2, 0.25) is 0 Å². The maximum Gasteiger partial charge on any atom is 0.475 e. The zero-order chi connectivity index (χ0) is 26.8. The highest BCUT2D eigenvalue weighted by molar-refractivity contribution is 7.48. The highest BCUT2D eigenvalue weighted by Crippen LogP contribution is 2.57. The first-order valence-corrected chi connectivity index (χ1v) is 13.0. The molecule has 3 heterocycles. The lowest BCUT2D eigenvalue weighted by molar-refractivity contribution is -0.162. The van der Waals surface area contributed by atoms with E-state index in [1.807, 2.05) is 4.98 Å². The van der Waals surface area contributed by atoms with Gasteiger partial charge in [0.05, 0.1) is 19.3 Å². The summed E-state index contributed by atoms with van der Waals surface area (Å²) >= 11 is 6.04. The molecular formula is C22H25ClFN2O10P. The van der Waals surface area contributed by atoms with E-state index < -0.39 is 68.5 Å². The molecule has 4 rings (SSSR count). The summed E-state index contributed by atoms with van der Waals surface area (Å²) in [7, 11) is -2.90. The van der Waals surface area contributed by atoms with Crippen LogP contribution in [0.25, 0.3) is 0 Å². The average Bonchev–Trinajstić information content (AvgIpc) is 3.07. The quantitative estimate of drug-likeness (QED) is 0.376. The fraction of sp³-hybridized carbons (Fsp3) is 0.500. The van der Waals surface area contributed by atoms with Crippen LogP contribution in [0.2, 0.25) is 5.02 Å². The number of benzene rings is 1. The summed E-state index contributed by atoms with van der Waals surface area (Å²) in [6.45, 7) is 0.0430. The van der Waals surface area contributed by atoms with E-state index in [0.29, 0.717) is 17.0 Å². The largest absolute Gasteiger partial charge is 0.475 e. The highest BCUT2D eigenvalue weighted by Gasteiger charge is 2.58. The van der Waals surface area contributed by atoms with Crippen LogP contribution in [0.3, 0.4) is 0 Å². The molecule has 0 aliphatic carbocycles. The predicted molar refractivity (Wildman–Crippen MR) is 126 cm³/mol. The van der Waals surface area contributed by atoms with Crippen LogP contribution in [0.4, 0.5) is 4.39 Å². The molecule has 1 unspecified atom stereocenters. The molecule has 15 heteroatoms. The van der Waals surface area contributed by atoms with Gasteiger partial charge in [0.1, 0.15) is 12.7 Å². The molecule has 2 aliphatic heterocycles. The van der Waals surface area contributed by atoms with E-state index in [-0.39, 0.29) is 6.61 Å². The Labute approximate surface area is 215 Å². The second-order valence-electron chi connectivity index (χ2n) is 8.55. The van der Waals surface area contributed by atoms with E-state index in [4.69, 9.17) is 39.4 Å². The number of ether oxygens (including phenoxy) is 3. The Bertz CT molecular complexity index is 1300. The Balaban J connectivity index is 1.55. The van der Waals surface area contributed by atoms with Crippen LogP contribution in [0, 0.1) is 0 Å². The van der Waals surface area contributed by atoms with Crippen molar-refractivity contribution in [2.24, 2.45) is 0 Å². The summed E-state index contributed by atoms with van der Waals surface area (Å²) in [5, 5.41) is 0.467. The fourth-order valence-electron chi connectivity index (χ4n) is 4.11. The molecule has 0 bridgehead atoms. The molecule has 0 saturated carbocycles. The van der Waals surface area contributed by atoms with Gasteiger partial charge in [-0.3, -0.25) is 27.9 Å². The normalized spacial score (nSPS) is 31.8. The molecule has 12 nitrogen and oxygen atoms in total. The number of aromatic amines is 1. The van der Waals surface area contributed by atoms with Crippen molar-refractivity contribution in [1.82, 2.24) is 9.55 Å². The molecule has 2 fully saturated rings. The second kappa shape index (κ2) is 11.2. The van der Waals surface area contributed by atoms with Crippen molar-refractivity contribution in [1.29, 1.82) is 0 Å². The van der Waals surface area contributed by atoms with Gasteiger partial charge in [-0.25, -0.2) is 18.5 Å². The number of alkyl halides is 1. The molecule has 0 radical (unpaired) electrons. The van der Waals surface area contributed by atoms with Crippen LogP contribution in [0.15, 0.2) is 46.1 Å². The molecular weight excluding hydrogens is 538 g/mol. The zero-order valence-electron chi connectivity index (χ0n) is 19.8. The topological polar surface area (TPSA) is 144 Å². The lowest BCUT2D eigenvalue weighted by Gasteiger charge is -2.30. The number of aromatic nitrogens is 2. The number of phosphoric ester groups is 1. The Morgan fingerprint density at radius 3 is 2.84 bits per heavy atom. The van der Waals surface area contributed by atoms with Crippen molar-refractivity contribution in [3.05, 3.63) is 68.0 Å². The maximum absolute atomic E-state index is 16.0. The molecule has 37 heavy (non-hydrogen) atoms. The smallest absolute Gasteiger partial charge is 0.454 e. The first kappa shape index (κ1) is 27.6. The zero-order valence-corrected chi connectivity index (χ0v) is 21.5. The van der Waals surface area contributed by atoms with Crippen molar-refractivity contribution in [2.75, 3.05) is 26.9 Å². The van der Waals surface area contributed by atoms with E-state index >= 15 is 4.39 Å². The van der Waals surface area contributed by atoms with E-state index in [0.717, 1.165) is 23.8 Å². The number of rotatable bonds is 8. The molecule has 2 saturated heterocycles. The number of methoxy groups -OCH3 is 1. The SMILES string of the molecule is COCC(=O)O[C@@H]1[C@@H](COP2(=O)OCC[C@@H](c3cccc(Cl)c3)O2)O[C@@H](n2ccc(=O)[nH]c2=O)[C@]1(C)F. The lowest BCUT2D eigenvalue weighted by Crippen LogP contribution is -2.46. The van der Waals surface area contributed by atoms with Crippen molar-refractivity contribution in [2.45, 2.75) is 43.6 Å². The number of carbonyl (C=O) groups is 1. The van der Waals surface area contributed by atoms with Crippen LogP contribution in [0.5, 0.6) is 0 Å². The fourth-order valence-corrected chi connectivity index (χ4v) is 5.70. The van der Waals surface area contributed by atoms with Gasteiger partial charge >= 0.3 is 19.5 Å².